The quantitative estimate of drug-likeness (QED) is 0.274. The van der Waals surface area contributed by atoms with Crippen LogP contribution in [0.25, 0.3) is 0 Å². The third-order valence-electron chi connectivity index (χ3n) is 7.67. The Hall–Kier alpha value is -1.06. The van der Waals surface area contributed by atoms with Crippen LogP contribution in [0.3, 0.4) is 0 Å². The van der Waals surface area contributed by atoms with E-state index in [1.54, 1.807) is 0 Å². The highest BCUT2D eigenvalue weighted by Gasteiger charge is 2.34. The molecule has 0 aromatic rings. The molecule has 5 unspecified atom stereocenters. The number of rotatable bonds is 4. The molecule has 10 heteroatoms. The van der Waals surface area contributed by atoms with Crippen molar-refractivity contribution >= 4 is 23.5 Å². The largest absolute Gasteiger partial charge is 0.353 e. The van der Waals surface area contributed by atoms with Gasteiger partial charge in [0.25, 0.3) is 0 Å². The number of alkyl halides is 4. The maximum Gasteiger partial charge on any atom is 0.229 e. The standard InChI is InChI=1S/C23H37ClF3N5O/c24-15-9-18(27)11-19(10-15)28-23(30-22(33)14-3-7-17(26)8-4-14)29-21-12-20(31-32-21)13-1-5-16(25)6-2-13/h13-21,31-32H,1-12H2,(H2,28,29,30,33). The summed E-state index contributed by atoms with van der Waals surface area (Å²) in [6, 6.07) is -0.0259. The first-order valence-corrected chi connectivity index (χ1v) is 13.0. The number of carbonyl (C=O) groups is 1. The Labute approximate surface area is 199 Å². The second kappa shape index (κ2) is 11.6. The van der Waals surface area contributed by atoms with E-state index in [0.717, 1.165) is 19.3 Å². The van der Waals surface area contributed by atoms with Crippen LogP contribution in [0, 0.1) is 11.8 Å². The van der Waals surface area contributed by atoms with Gasteiger partial charge in [-0.1, -0.05) is 0 Å². The van der Waals surface area contributed by atoms with Gasteiger partial charge < -0.3 is 5.32 Å². The van der Waals surface area contributed by atoms with Crippen molar-refractivity contribution in [3.63, 3.8) is 0 Å². The summed E-state index contributed by atoms with van der Waals surface area (Å²) in [7, 11) is 0. The van der Waals surface area contributed by atoms with Crippen LogP contribution >= 0.6 is 11.6 Å². The molecule has 1 amide bonds. The summed E-state index contributed by atoms with van der Waals surface area (Å²) in [4.78, 5) is 17.6. The normalized spacial score (nSPS) is 42.7. The first-order chi connectivity index (χ1) is 15.9. The van der Waals surface area contributed by atoms with Crippen LogP contribution in [0.5, 0.6) is 0 Å². The van der Waals surface area contributed by atoms with Gasteiger partial charge in [0.2, 0.25) is 5.91 Å². The number of amides is 1. The molecule has 4 rings (SSSR count). The average Bonchev–Trinajstić information content (AvgIpc) is 3.22. The number of guanidine groups is 1. The molecule has 0 spiro atoms. The van der Waals surface area contributed by atoms with Crippen molar-refractivity contribution < 1.29 is 18.0 Å². The topological polar surface area (TPSA) is 77.5 Å². The molecule has 6 nitrogen and oxygen atoms in total. The molecule has 4 fully saturated rings. The number of aliphatic imine (C=N–C) groups is 1. The number of hydrogen-bond donors (Lipinski definition) is 4. The minimum atomic E-state index is -0.989. The van der Waals surface area contributed by atoms with Gasteiger partial charge in [0.15, 0.2) is 5.96 Å². The predicted molar refractivity (Wildman–Crippen MR) is 123 cm³/mol. The first kappa shape index (κ1) is 25.0. The zero-order valence-electron chi connectivity index (χ0n) is 19.0. The Bertz CT molecular complexity index is 675. The Morgan fingerprint density at radius 3 is 2.15 bits per heavy atom. The van der Waals surface area contributed by atoms with Crippen molar-refractivity contribution in [1.29, 1.82) is 0 Å². The van der Waals surface area contributed by atoms with Crippen LogP contribution in [0.4, 0.5) is 13.2 Å². The van der Waals surface area contributed by atoms with Gasteiger partial charge in [0.05, 0.1) is 0 Å². The van der Waals surface area contributed by atoms with E-state index in [2.05, 4.69) is 21.5 Å². The molecule has 1 aliphatic heterocycles. The summed E-state index contributed by atoms with van der Waals surface area (Å²) in [6.07, 6.45) is 3.94. The van der Waals surface area contributed by atoms with Gasteiger partial charge in [0.1, 0.15) is 24.7 Å². The lowest BCUT2D eigenvalue weighted by molar-refractivity contribution is -0.124. The zero-order chi connectivity index (χ0) is 23.4. The SMILES string of the molecule is O=C(N/C(=N\C1CC(C2CCC(F)CC2)NN1)NC1CC(F)CC(Cl)C1)C1CCC(F)CC1. The fourth-order valence-corrected chi connectivity index (χ4v) is 6.14. The highest BCUT2D eigenvalue weighted by atomic mass is 35.5. The van der Waals surface area contributed by atoms with Gasteiger partial charge in [-0.25, -0.2) is 23.6 Å². The Morgan fingerprint density at radius 1 is 0.818 bits per heavy atom. The third-order valence-corrected chi connectivity index (χ3v) is 8.03. The number of halogens is 4. The van der Waals surface area contributed by atoms with E-state index in [4.69, 9.17) is 16.6 Å². The van der Waals surface area contributed by atoms with Crippen LogP contribution in [-0.2, 0) is 4.79 Å². The van der Waals surface area contributed by atoms with E-state index in [1.807, 2.05) is 0 Å². The Kier molecular flexibility index (Phi) is 8.79. The molecule has 3 saturated carbocycles. The van der Waals surface area contributed by atoms with Crippen molar-refractivity contribution in [1.82, 2.24) is 21.5 Å². The monoisotopic (exact) mass is 491 g/mol. The van der Waals surface area contributed by atoms with Gasteiger partial charge in [-0.3, -0.25) is 15.5 Å². The molecule has 1 saturated heterocycles. The molecule has 0 radical (unpaired) electrons. The maximum atomic E-state index is 14.1. The summed E-state index contributed by atoms with van der Waals surface area (Å²) in [5.74, 6) is 0.294. The lowest BCUT2D eigenvalue weighted by Gasteiger charge is -2.31. The molecule has 0 bridgehead atoms. The minimum absolute atomic E-state index is 0.174. The minimum Gasteiger partial charge on any atom is -0.353 e. The molecule has 0 aromatic heterocycles. The number of nitrogens with one attached hydrogen (secondary N) is 4. The number of hydrazine groups is 1. The lowest BCUT2D eigenvalue weighted by Crippen LogP contribution is -2.51. The van der Waals surface area contributed by atoms with E-state index in [1.165, 1.54) is 0 Å². The maximum absolute atomic E-state index is 14.1. The summed E-state index contributed by atoms with van der Waals surface area (Å²) >= 11 is 6.22. The molecule has 5 atom stereocenters. The zero-order valence-corrected chi connectivity index (χ0v) is 19.8. The second-order valence-electron chi connectivity index (χ2n) is 10.3. The van der Waals surface area contributed by atoms with E-state index in [9.17, 15) is 18.0 Å². The molecule has 3 aliphatic carbocycles. The smallest absolute Gasteiger partial charge is 0.229 e. The van der Waals surface area contributed by atoms with Gasteiger partial charge in [0, 0.05) is 29.8 Å². The molecular formula is C23H37ClF3N5O. The second-order valence-corrected chi connectivity index (χ2v) is 10.9. The fourth-order valence-electron chi connectivity index (χ4n) is 5.73. The fraction of sp³-hybridized carbons (Fsp3) is 0.913. The number of hydrogen-bond acceptors (Lipinski definition) is 4. The molecule has 33 heavy (non-hydrogen) atoms. The highest BCUT2D eigenvalue weighted by Crippen LogP contribution is 2.32. The lowest BCUT2D eigenvalue weighted by atomic mass is 9.82. The van der Waals surface area contributed by atoms with E-state index in [-0.39, 0.29) is 35.5 Å². The van der Waals surface area contributed by atoms with E-state index in [0.29, 0.717) is 69.7 Å². The first-order valence-electron chi connectivity index (χ1n) is 12.6. The summed E-state index contributed by atoms with van der Waals surface area (Å²) in [5, 5.41) is 5.87. The van der Waals surface area contributed by atoms with Gasteiger partial charge >= 0.3 is 0 Å². The van der Waals surface area contributed by atoms with Crippen LogP contribution < -0.4 is 21.5 Å². The van der Waals surface area contributed by atoms with Crippen molar-refractivity contribution in [2.24, 2.45) is 16.8 Å². The van der Waals surface area contributed by atoms with Crippen LogP contribution in [0.2, 0.25) is 0 Å². The van der Waals surface area contributed by atoms with Crippen molar-refractivity contribution in [3.05, 3.63) is 0 Å². The summed E-state index contributed by atoms with van der Waals surface area (Å²) < 4.78 is 41.1. The number of nitrogens with zero attached hydrogens (tertiary/aromatic N) is 1. The predicted octanol–water partition coefficient (Wildman–Crippen LogP) is 3.80. The molecule has 1 heterocycles. The van der Waals surface area contributed by atoms with Crippen molar-refractivity contribution in [2.45, 2.75) is 119 Å². The van der Waals surface area contributed by atoms with Gasteiger partial charge in [-0.05, 0) is 76.5 Å². The molecule has 4 aliphatic rings. The molecule has 0 aromatic carbocycles. The van der Waals surface area contributed by atoms with Crippen molar-refractivity contribution in [3.8, 4) is 0 Å². The van der Waals surface area contributed by atoms with Gasteiger partial charge in [-0.15, -0.1) is 11.6 Å². The van der Waals surface area contributed by atoms with Crippen LogP contribution in [0.15, 0.2) is 4.99 Å². The Balaban J connectivity index is 1.39. The van der Waals surface area contributed by atoms with E-state index >= 15 is 0 Å². The summed E-state index contributed by atoms with van der Waals surface area (Å²) in [6.45, 7) is 0. The molecule has 4 N–H and O–H groups in total. The average molecular weight is 492 g/mol. The van der Waals surface area contributed by atoms with Crippen LogP contribution in [0.1, 0.15) is 77.0 Å². The van der Waals surface area contributed by atoms with Crippen molar-refractivity contribution in [2.75, 3.05) is 0 Å². The molecular weight excluding hydrogens is 455 g/mol. The van der Waals surface area contributed by atoms with Crippen LogP contribution in [-0.4, -0.2) is 54.0 Å². The third kappa shape index (κ3) is 7.21. The summed E-state index contributed by atoms with van der Waals surface area (Å²) in [5.41, 5.74) is 6.48. The van der Waals surface area contributed by atoms with Gasteiger partial charge in [-0.2, -0.15) is 0 Å². The highest BCUT2D eigenvalue weighted by molar-refractivity contribution is 6.20. The molecule has 188 valence electrons. The van der Waals surface area contributed by atoms with E-state index < -0.39 is 18.5 Å². The number of carbonyl (C=O) groups excluding carboxylic acids is 1. The Morgan fingerprint density at radius 2 is 1.48 bits per heavy atom.